The molecule has 0 radical (unpaired) electrons. The van der Waals surface area contributed by atoms with Crippen molar-refractivity contribution in [1.29, 1.82) is 0 Å². The molecule has 0 unspecified atom stereocenters. The Balaban J connectivity index is 1.84. The normalized spacial score (nSPS) is 12.4. The molecule has 0 saturated carbocycles. The van der Waals surface area contributed by atoms with E-state index in [9.17, 15) is 9.59 Å². The molecule has 0 fully saturated rings. The molecule has 0 heterocycles. The summed E-state index contributed by atoms with van der Waals surface area (Å²) >= 11 is 18.9. The minimum atomic E-state index is -0.747. The molecule has 0 aliphatic rings. The molecule has 0 aromatic heterocycles. The van der Waals surface area contributed by atoms with Gasteiger partial charge in [-0.1, -0.05) is 78.1 Å². The van der Waals surface area contributed by atoms with Gasteiger partial charge in [-0.25, -0.2) is 0 Å². The number of ether oxygens (including phenoxy) is 1. The van der Waals surface area contributed by atoms with Gasteiger partial charge < -0.3 is 15.0 Å². The van der Waals surface area contributed by atoms with Crippen LogP contribution in [-0.4, -0.2) is 35.4 Å². The molecule has 3 aromatic carbocycles. The molecule has 2 atom stereocenters. The fraction of sp³-hybridized carbons (Fsp3) is 0.333. The highest BCUT2D eigenvalue weighted by atomic mass is 35.5. The molecule has 2 amide bonds. The van der Waals surface area contributed by atoms with Crippen molar-refractivity contribution in [3.05, 3.63) is 99.0 Å². The number of nitrogens with one attached hydrogen (secondary N) is 1. The van der Waals surface area contributed by atoms with Crippen LogP contribution in [-0.2, 0) is 22.6 Å². The third kappa shape index (κ3) is 8.93. The number of carbonyl (C=O) groups is 2. The van der Waals surface area contributed by atoms with Gasteiger partial charge in [0.05, 0.1) is 6.61 Å². The third-order valence-corrected chi connectivity index (χ3v) is 7.24. The van der Waals surface area contributed by atoms with E-state index in [0.29, 0.717) is 45.8 Å². The Labute approximate surface area is 240 Å². The Bertz CT molecular complexity index is 1170. The van der Waals surface area contributed by atoms with E-state index in [-0.39, 0.29) is 30.8 Å². The lowest BCUT2D eigenvalue weighted by Gasteiger charge is -2.33. The van der Waals surface area contributed by atoms with Crippen molar-refractivity contribution in [3.8, 4) is 5.75 Å². The van der Waals surface area contributed by atoms with E-state index in [2.05, 4.69) is 5.32 Å². The van der Waals surface area contributed by atoms with Crippen LogP contribution in [0, 0.1) is 0 Å². The number of benzene rings is 3. The summed E-state index contributed by atoms with van der Waals surface area (Å²) in [7, 11) is 0. The number of amides is 2. The molecule has 5 nitrogen and oxygen atoms in total. The first kappa shape index (κ1) is 29.8. The van der Waals surface area contributed by atoms with E-state index < -0.39 is 6.04 Å². The average molecular weight is 576 g/mol. The van der Waals surface area contributed by atoms with Crippen molar-refractivity contribution in [3.63, 3.8) is 0 Å². The van der Waals surface area contributed by atoms with Crippen LogP contribution in [0.25, 0.3) is 0 Å². The van der Waals surface area contributed by atoms with Crippen molar-refractivity contribution in [1.82, 2.24) is 10.2 Å². The monoisotopic (exact) mass is 574 g/mol. The molecule has 0 aliphatic heterocycles. The summed E-state index contributed by atoms with van der Waals surface area (Å²) in [5.74, 6) is 0.287. The molecular weight excluding hydrogens is 543 g/mol. The molecule has 202 valence electrons. The molecule has 3 rings (SSSR count). The Kier molecular flexibility index (Phi) is 11.8. The number of rotatable bonds is 13. The highest BCUT2D eigenvalue weighted by Crippen LogP contribution is 2.28. The van der Waals surface area contributed by atoms with Gasteiger partial charge in [-0.2, -0.15) is 0 Å². The van der Waals surface area contributed by atoms with E-state index in [1.54, 1.807) is 47.4 Å². The lowest BCUT2D eigenvalue weighted by atomic mass is 10.0. The smallest absolute Gasteiger partial charge is 0.243 e. The minimum Gasteiger partial charge on any atom is -0.494 e. The van der Waals surface area contributed by atoms with Crippen molar-refractivity contribution in [2.24, 2.45) is 0 Å². The van der Waals surface area contributed by atoms with Crippen LogP contribution < -0.4 is 10.1 Å². The molecule has 0 spiro atoms. The second-order valence-corrected chi connectivity index (χ2v) is 10.4. The first-order chi connectivity index (χ1) is 18.3. The SMILES string of the molecule is CC[C@@H](C)NC(=O)[C@H](Cc1ccccc1)N(Cc1c(Cl)cccc1Cl)C(=O)CCCOc1ccc(Cl)cc1. The summed E-state index contributed by atoms with van der Waals surface area (Å²) in [5, 5.41) is 4.58. The molecule has 1 N–H and O–H groups in total. The number of nitrogens with zero attached hydrogens (tertiary/aromatic N) is 1. The molecule has 3 aromatic rings. The third-order valence-electron chi connectivity index (χ3n) is 6.28. The highest BCUT2D eigenvalue weighted by molar-refractivity contribution is 6.36. The van der Waals surface area contributed by atoms with Gasteiger partial charge in [0, 0.05) is 46.1 Å². The summed E-state index contributed by atoms with van der Waals surface area (Å²) < 4.78 is 5.77. The van der Waals surface area contributed by atoms with E-state index in [1.165, 1.54) is 0 Å². The fourth-order valence-electron chi connectivity index (χ4n) is 3.94. The minimum absolute atomic E-state index is 0.0330. The summed E-state index contributed by atoms with van der Waals surface area (Å²) in [6, 6.07) is 21.2. The number of hydrogen-bond acceptors (Lipinski definition) is 3. The van der Waals surface area contributed by atoms with Crippen LogP contribution in [0.3, 0.4) is 0 Å². The first-order valence-corrected chi connectivity index (χ1v) is 13.9. The van der Waals surface area contributed by atoms with Crippen molar-refractivity contribution in [2.75, 3.05) is 6.61 Å². The van der Waals surface area contributed by atoms with Crippen LogP contribution >= 0.6 is 34.8 Å². The summed E-state index contributed by atoms with van der Waals surface area (Å²) in [4.78, 5) is 28.9. The van der Waals surface area contributed by atoms with Crippen LogP contribution in [0.1, 0.15) is 44.2 Å². The van der Waals surface area contributed by atoms with Gasteiger partial charge in [0.1, 0.15) is 11.8 Å². The van der Waals surface area contributed by atoms with Crippen LogP contribution in [0.5, 0.6) is 5.75 Å². The van der Waals surface area contributed by atoms with Crippen molar-refractivity contribution < 1.29 is 14.3 Å². The Morgan fingerprint density at radius 3 is 2.21 bits per heavy atom. The standard InChI is InChI=1S/C30H33Cl3N2O3/c1-3-21(2)34-30(37)28(19-22-9-5-4-6-10-22)35(20-25-26(32)11-7-12-27(25)33)29(36)13-8-18-38-24-16-14-23(31)15-17-24/h4-7,9-12,14-17,21,28H,3,8,13,18-20H2,1-2H3,(H,34,37)/t21-,28+/m1/s1. The summed E-state index contributed by atoms with van der Waals surface area (Å²) in [6.45, 7) is 4.41. The van der Waals surface area contributed by atoms with Gasteiger partial charge >= 0.3 is 0 Å². The molecule has 0 aliphatic carbocycles. The zero-order chi connectivity index (χ0) is 27.5. The fourth-order valence-corrected chi connectivity index (χ4v) is 4.58. The van der Waals surface area contributed by atoms with Crippen LogP contribution in [0.15, 0.2) is 72.8 Å². The summed E-state index contributed by atoms with van der Waals surface area (Å²) in [5.41, 5.74) is 1.56. The second-order valence-electron chi connectivity index (χ2n) is 9.15. The second kappa shape index (κ2) is 15.0. The van der Waals surface area contributed by atoms with Gasteiger partial charge in [-0.05, 0) is 61.7 Å². The van der Waals surface area contributed by atoms with E-state index in [4.69, 9.17) is 39.5 Å². The van der Waals surface area contributed by atoms with Gasteiger partial charge in [-0.3, -0.25) is 9.59 Å². The molecule has 8 heteroatoms. The topological polar surface area (TPSA) is 58.6 Å². The van der Waals surface area contributed by atoms with Crippen molar-refractivity contribution >= 4 is 46.6 Å². The lowest BCUT2D eigenvalue weighted by molar-refractivity contribution is -0.141. The lowest BCUT2D eigenvalue weighted by Crippen LogP contribution is -2.52. The zero-order valence-corrected chi connectivity index (χ0v) is 23.9. The molecule has 0 saturated heterocycles. The predicted molar refractivity (Wildman–Crippen MR) is 155 cm³/mol. The molecular formula is C30H33Cl3N2O3. The first-order valence-electron chi connectivity index (χ1n) is 12.7. The van der Waals surface area contributed by atoms with E-state index >= 15 is 0 Å². The van der Waals surface area contributed by atoms with Gasteiger partial charge in [0.25, 0.3) is 0 Å². The molecule has 38 heavy (non-hydrogen) atoms. The Morgan fingerprint density at radius 1 is 0.921 bits per heavy atom. The van der Waals surface area contributed by atoms with E-state index in [1.807, 2.05) is 44.2 Å². The van der Waals surface area contributed by atoms with E-state index in [0.717, 1.165) is 12.0 Å². The van der Waals surface area contributed by atoms with Gasteiger partial charge in [0.15, 0.2) is 0 Å². The Hall–Kier alpha value is -2.73. The van der Waals surface area contributed by atoms with Crippen molar-refractivity contribution in [2.45, 2.75) is 58.2 Å². The van der Waals surface area contributed by atoms with Crippen LogP contribution in [0.4, 0.5) is 0 Å². The maximum atomic E-state index is 13.7. The van der Waals surface area contributed by atoms with Crippen LogP contribution in [0.2, 0.25) is 15.1 Å². The summed E-state index contributed by atoms with van der Waals surface area (Å²) in [6.07, 6.45) is 1.80. The maximum Gasteiger partial charge on any atom is 0.243 e. The zero-order valence-electron chi connectivity index (χ0n) is 21.6. The number of carbonyl (C=O) groups excluding carboxylic acids is 2. The number of halogens is 3. The number of hydrogen-bond donors (Lipinski definition) is 1. The largest absolute Gasteiger partial charge is 0.494 e. The maximum absolute atomic E-state index is 13.7. The quantitative estimate of drug-likeness (QED) is 0.217. The average Bonchev–Trinajstić information content (AvgIpc) is 2.91. The van der Waals surface area contributed by atoms with Gasteiger partial charge in [0.2, 0.25) is 11.8 Å². The molecule has 0 bridgehead atoms. The van der Waals surface area contributed by atoms with Gasteiger partial charge in [-0.15, -0.1) is 0 Å². The predicted octanol–water partition coefficient (Wildman–Crippen LogP) is 7.36. The Morgan fingerprint density at radius 2 is 1.58 bits per heavy atom. The highest BCUT2D eigenvalue weighted by Gasteiger charge is 2.31.